The molecule has 0 atom stereocenters. The molecule has 94 valence electrons. The van der Waals surface area contributed by atoms with Gasteiger partial charge in [-0.15, -0.1) is 0 Å². The molecule has 17 heavy (non-hydrogen) atoms. The standard InChI is InChI=1S/C5H8N2O2.C4H6N2O2/c1-2-9-5(8)3-4-7-6;1-8-4(7)2-3-6-5/h4H,2-3H2,1H3;3H,2H2,1H3. The van der Waals surface area contributed by atoms with Crippen LogP contribution >= 0.6 is 0 Å². The number of hydrogen-bond acceptors (Lipinski definition) is 4. The number of rotatable bonds is 5. The number of carbonyl (C=O) groups excluding carboxylic acids is 2. The van der Waals surface area contributed by atoms with Gasteiger partial charge in [0.05, 0.1) is 13.7 Å². The summed E-state index contributed by atoms with van der Waals surface area (Å²) in [5.74, 6) is -0.793. The maximum Gasteiger partial charge on any atom is 0.317 e. The van der Waals surface area contributed by atoms with Crippen LogP contribution in [0, 0.1) is 0 Å². The first-order valence-electron chi connectivity index (χ1n) is 4.66. The van der Waals surface area contributed by atoms with E-state index < -0.39 is 5.97 Å². The SMILES string of the molecule is CCOC(=O)CC=[N+]=[N-].COC(=O)CC=[N+]=[N-]. The molecule has 0 fully saturated rings. The molecule has 0 aliphatic heterocycles. The molecule has 0 unspecified atom stereocenters. The summed E-state index contributed by atoms with van der Waals surface area (Å²) in [6.45, 7) is 2.08. The molecule has 0 heterocycles. The van der Waals surface area contributed by atoms with E-state index in [4.69, 9.17) is 11.1 Å². The highest BCUT2D eigenvalue weighted by molar-refractivity contribution is 5.84. The van der Waals surface area contributed by atoms with Crippen molar-refractivity contribution >= 4 is 24.4 Å². The molecule has 0 aliphatic carbocycles. The molecule has 0 aliphatic rings. The monoisotopic (exact) mass is 242 g/mol. The fourth-order valence-corrected chi connectivity index (χ4v) is 0.534. The lowest BCUT2D eigenvalue weighted by atomic mass is 10.5. The molecule has 0 saturated heterocycles. The molecule has 0 spiro atoms. The Hall–Kier alpha value is -2.30. The first-order valence-corrected chi connectivity index (χ1v) is 4.66. The predicted octanol–water partition coefficient (Wildman–Crippen LogP) is 0.0903. The van der Waals surface area contributed by atoms with Crippen LogP contribution in [0.5, 0.6) is 0 Å². The number of methoxy groups -OCH3 is 1. The van der Waals surface area contributed by atoms with Crippen molar-refractivity contribution in [2.45, 2.75) is 19.8 Å². The quantitative estimate of drug-likeness (QED) is 0.293. The smallest absolute Gasteiger partial charge is 0.317 e. The molecule has 0 amide bonds. The van der Waals surface area contributed by atoms with Gasteiger partial charge >= 0.3 is 11.9 Å². The van der Waals surface area contributed by atoms with Crippen molar-refractivity contribution in [3.63, 3.8) is 0 Å². The average Bonchev–Trinajstić information content (AvgIpc) is 2.34. The molecule has 0 aromatic heterocycles. The van der Waals surface area contributed by atoms with E-state index in [2.05, 4.69) is 19.1 Å². The lowest BCUT2D eigenvalue weighted by Gasteiger charge is -1.92. The topological polar surface area (TPSA) is 125 Å². The normalized spacial score (nSPS) is 7.41. The minimum atomic E-state index is -0.414. The highest BCUT2D eigenvalue weighted by Crippen LogP contribution is 1.79. The van der Waals surface area contributed by atoms with Crippen LogP contribution in [0.2, 0.25) is 0 Å². The highest BCUT2D eigenvalue weighted by Gasteiger charge is 1.99. The Balaban J connectivity index is 0. The van der Waals surface area contributed by atoms with Gasteiger partial charge in [-0.3, -0.25) is 9.59 Å². The Morgan fingerprint density at radius 3 is 1.94 bits per heavy atom. The minimum absolute atomic E-state index is 0.0208. The number of carbonyl (C=O) groups is 2. The molecular weight excluding hydrogens is 228 g/mol. The number of hydrogen-bond donors (Lipinski definition) is 0. The first kappa shape index (κ1) is 17.1. The van der Waals surface area contributed by atoms with E-state index in [9.17, 15) is 9.59 Å². The Labute approximate surface area is 98.4 Å². The van der Waals surface area contributed by atoms with Crippen LogP contribution in [-0.4, -0.2) is 47.7 Å². The Bertz CT molecular complexity index is 330. The van der Waals surface area contributed by atoms with Crippen LogP contribution in [0.4, 0.5) is 0 Å². The molecule has 8 nitrogen and oxygen atoms in total. The van der Waals surface area contributed by atoms with E-state index in [0.717, 1.165) is 12.4 Å². The summed E-state index contributed by atoms with van der Waals surface area (Å²) in [6.07, 6.45) is 2.20. The molecule has 0 saturated carbocycles. The Morgan fingerprint density at radius 2 is 1.59 bits per heavy atom. The van der Waals surface area contributed by atoms with Crippen LogP contribution < -0.4 is 0 Å². The van der Waals surface area contributed by atoms with E-state index in [1.165, 1.54) is 7.11 Å². The average molecular weight is 242 g/mol. The van der Waals surface area contributed by atoms with Crippen LogP contribution in [0.1, 0.15) is 19.8 Å². The largest absolute Gasteiger partial charge is 0.469 e. The summed E-state index contributed by atoms with van der Waals surface area (Å²) >= 11 is 0. The van der Waals surface area contributed by atoms with Crippen LogP contribution in [0.25, 0.3) is 11.1 Å². The summed E-state index contributed by atoms with van der Waals surface area (Å²) in [7, 11) is 1.27. The number of nitrogens with zero attached hydrogens (tertiary/aromatic N) is 4. The van der Waals surface area contributed by atoms with Crippen molar-refractivity contribution in [2.24, 2.45) is 0 Å². The molecular formula is C9H14N4O4. The summed E-state index contributed by atoms with van der Waals surface area (Å²) in [5, 5.41) is 0. The second-order valence-corrected chi connectivity index (χ2v) is 2.39. The Kier molecular flexibility index (Phi) is 13.8. The van der Waals surface area contributed by atoms with Crippen molar-refractivity contribution in [1.29, 1.82) is 0 Å². The molecule has 0 N–H and O–H groups in total. The maximum absolute atomic E-state index is 10.4. The van der Waals surface area contributed by atoms with E-state index in [0.29, 0.717) is 6.61 Å². The third-order valence-corrected chi connectivity index (χ3v) is 1.21. The summed E-state index contributed by atoms with van der Waals surface area (Å²) in [6, 6.07) is 0. The molecule has 0 aromatic rings. The van der Waals surface area contributed by atoms with E-state index in [1.54, 1.807) is 6.92 Å². The van der Waals surface area contributed by atoms with Gasteiger partial charge in [0.25, 0.3) is 12.4 Å². The van der Waals surface area contributed by atoms with Crippen molar-refractivity contribution in [1.82, 2.24) is 0 Å². The number of ether oxygens (including phenoxy) is 2. The molecule has 0 aromatic carbocycles. The van der Waals surface area contributed by atoms with Gasteiger partial charge in [-0.1, -0.05) is 0 Å². The van der Waals surface area contributed by atoms with Gasteiger partial charge in [0.15, 0.2) is 0 Å². The van der Waals surface area contributed by atoms with Crippen molar-refractivity contribution in [2.75, 3.05) is 13.7 Å². The second-order valence-electron chi connectivity index (χ2n) is 2.39. The predicted molar refractivity (Wildman–Crippen MR) is 57.2 cm³/mol. The maximum atomic E-state index is 10.4. The fourth-order valence-electron chi connectivity index (χ4n) is 0.534. The summed E-state index contributed by atoms with van der Waals surface area (Å²) < 4.78 is 8.71. The van der Waals surface area contributed by atoms with Gasteiger partial charge in [0.2, 0.25) is 0 Å². The van der Waals surface area contributed by atoms with E-state index in [1.807, 2.05) is 0 Å². The van der Waals surface area contributed by atoms with Gasteiger partial charge in [-0.2, -0.15) is 9.58 Å². The highest BCUT2D eigenvalue weighted by atomic mass is 16.5. The van der Waals surface area contributed by atoms with Gasteiger partial charge in [0, 0.05) is 0 Å². The van der Waals surface area contributed by atoms with Gasteiger partial charge < -0.3 is 20.5 Å². The minimum Gasteiger partial charge on any atom is -0.469 e. The van der Waals surface area contributed by atoms with Gasteiger partial charge in [-0.25, -0.2) is 0 Å². The van der Waals surface area contributed by atoms with E-state index >= 15 is 0 Å². The third-order valence-electron chi connectivity index (χ3n) is 1.21. The van der Waals surface area contributed by atoms with Crippen LogP contribution in [0.15, 0.2) is 0 Å². The lowest BCUT2D eigenvalue weighted by molar-refractivity contribution is -0.142. The van der Waals surface area contributed by atoms with Crippen molar-refractivity contribution in [3.05, 3.63) is 11.1 Å². The van der Waals surface area contributed by atoms with Crippen molar-refractivity contribution < 1.29 is 28.6 Å². The second kappa shape index (κ2) is 13.7. The fraction of sp³-hybridized carbons (Fsp3) is 0.556. The van der Waals surface area contributed by atoms with Crippen LogP contribution in [-0.2, 0) is 19.1 Å². The molecule has 0 rings (SSSR count). The van der Waals surface area contributed by atoms with Crippen molar-refractivity contribution in [3.8, 4) is 0 Å². The van der Waals surface area contributed by atoms with Gasteiger partial charge in [-0.05, 0) is 6.92 Å². The lowest BCUT2D eigenvalue weighted by Crippen LogP contribution is -2.03. The van der Waals surface area contributed by atoms with Gasteiger partial charge in [0.1, 0.15) is 12.8 Å². The molecule has 0 radical (unpaired) electrons. The Morgan fingerprint density at radius 1 is 1.12 bits per heavy atom. The van der Waals surface area contributed by atoms with Crippen LogP contribution in [0.3, 0.4) is 0 Å². The first-order chi connectivity index (χ1) is 8.12. The molecule has 0 bridgehead atoms. The molecule has 8 heteroatoms. The zero-order valence-corrected chi connectivity index (χ0v) is 9.70. The van der Waals surface area contributed by atoms with E-state index in [-0.39, 0.29) is 18.8 Å². The summed E-state index contributed by atoms with van der Waals surface area (Å²) in [4.78, 5) is 25.8. The number of esters is 2. The third kappa shape index (κ3) is 16.4. The summed E-state index contributed by atoms with van der Waals surface area (Å²) in [5.41, 5.74) is 15.6. The zero-order valence-electron chi connectivity index (χ0n) is 9.70. The zero-order chi connectivity index (χ0) is 13.5.